The maximum atomic E-state index is 10.9. The summed E-state index contributed by atoms with van der Waals surface area (Å²) in [6, 6.07) is 11.1. The van der Waals surface area contributed by atoms with Crippen LogP contribution in [0.1, 0.15) is 16.7 Å². The monoisotopic (exact) mass is 334 g/mol. The maximum Gasteiger partial charge on any atom is 0.272 e. The minimum atomic E-state index is -0.345. The third-order valence-electron chi connectivity index (χ3n) is 3.25. The Hall–Kier alpha value is -1.88. The molecule has 1 N–H and O–H groups in total. The van der Waals surface area contributed by atoms with Gasteiger partial charge in [0.1, 0.15) is 0 Å². The van der Waals surface area contributed by atoms with Gasteiger partial charge in [-0.25, -0.2) is 0 Å². The third kappa shape index (κ3) is 3.17. The van der Waals surface area contributed by atoms with Gasteiger partial charge in [-0.1, -0.05) is 28.1 Å². The standard InChI is InChI=1S/C15H15BrN2O2/c1-10-8-13(6-7-14(10)16)17-9-12-4-3-5-15(11(12)2)18(19)20/h3-8,17H,9H2,1-2H3. The number of hydrogen-bond donors (Lipinski definition) is 1. The molecule has 0 saturated heterocycles. The number of halogens is 1. The molecule has 104 valence electrons. The molecule has 2 aromatic carbocycles. The molecule has 0 heterocycles. The van der Waals surface area contributed by atoms with Crippen molar-refractivity contribution in [2.24, 2.45) is 0 Å². The molecule has 2 aromatic rings. The van der Waals surface area contributed by atoms with Gasteiger partial charge in [0.15, 0.2) is 0 Å². The van der Waals surface area contributed by atoms with E-state index in [9.17, 15) is 10.1 Å². The number of rotatable bonds is 4. The zero-order chi connectivity index (χ0) is 14.7. The number of benzene rings is 2. The third-order valence-corrected chi connectivity index (χ3v) is 4.14. The highest BCUT2D eigenvalue weighted by atomic mass is 79.9. The van der Waals surface area contributed by atoms with Crippen molar-refractivity contribution in [2.75, 3.05) is 5.32 Å². The van der Waals surface area contributed by atoms with E-state index >= 15 is 0 Å². The van der Waals surface area contributed by atoms with E-state index < -0.39 is 0 Å². The number of aryl methyl sites for hydroxylation is 1. The zero-order valence-electron chi connectivity index (χ0n) is 11.3. The number of hydrogen-bond acceptors (Lipinski definition) is 3. The van der Waals surface area contributed by atoms with Gasteiger partial charge in [-0.3, -0.25) is 10.1 Å². The van der Waals surface area contributed by atoms with Crippen molar-refractivity contribution in [2.45, 2.75) is 20.4 Å². The Morgan fingerprint density at radius 3 is 2.65 bits per heavy atom. The van der Waals surface area contributed by atoms with Crippen molar-refractivity contribution >= 4 is 27.3 Å². The summed E-state index contributed by atoms with van der Waals surface area (Å²) in [5.41, 5.74) is 3.94. The Morgan fingerprint density at radius 1 is 1.25 bits per heavy atom. The Bertz CT molecular complexity index is 656. The van der Waals surface area contributed by atoms with Gasteiger partial charge < -0.3 is 5.32 Å². The molecule has 0 fully saturated rings. The van der Waals surface area contributed by atoms with Gasteiger partial charge in [-0.15, -0.1) is 0 Å². The molecule has 0 spiro atoms. The van der Waals surface area contributed by atoms with Gasteiger partial charge >= 0.3 is 0 Å². The molecular formula is C15H15BrN2O2. The van der Waals surface area contributed by atoms with Crippen molar-refractivity contribution in [3.63, 3.8) is 0 Å². The predicted molar refractivity (Wildman–Crippen MR) is 84.0 cm³/mol. The Morgan fingerprint density at radius 2 is 2.00 bits per heavy atom. The van der Waals surface area contributed by atoms with Crippen LogP contribution in [0.4, 0.5) is 11.4 Å². The summed E-state index contributed by atoms with van der Waals surface area (Å²) in [5.74, 6) is 0. The topological polar surface area (TPSA) is 55.2 Å². The quantitative estimate of drug-likeness (QED) is 0.657. The Labute approximate surface area is 126 Å². The molecule has 0 radical (unpaired) electrons. The first-order chi connectivity index (χ1) is 9.49. The van der Waals surface area contributed by atoms with Gasteiger partial charge in [0.05, 0.1) is 4.92 Å². The molecular weight excluding hydrogens is 320 g/mol. The second-order valence-electron chi connectivity index (χ2n) is 4.64. The van der Waals surface area contributed by atoms with Crippen LogP contribution in [0.3, 0.4) is 0 Å². The van der Waals surface area contributed by atoms with E-state index in [1.54, 1.807) is 13.0 Å². The SMILES string of the molecule is Cc1cc(NCc2cccc([N+](=O)[O-])c2C)ccc1Br. The fourth-order valence-electron chi connectivity index (χ4n) is 2.01. The smallest absolute Gasteiger partial charge is 0.272 e. The lowest BCUT2D eigenvalue weighted by molar-refractivity contribution is -0.385. The van der Waals surface area contributed by atoms with Gasteiger partial charge in [0.2, 0.25) is 0 Å². The molecule has 0 unspecified atom stereocenters. The van der Waals surface area contributed by atoms with Crippen molar-refractivity contribution in [1.29, 1.82) is 0 Å². The van der Waals surface area contributed by atoms with Crippen molar-refractivity contribution in [3.8, 4) is 0 Å². The molecule has 0 bridgehead atoms. The number of nitro groups is 1. The second-order valence-corrected chi connectivity index (χ2v) is 5.49. The molecule has 20 heavy (non-hydrogen) atoms. The molecule has 0 aliphatic rings. The van der Waals surface area contributed by atoms with E-state index in [1.807, 2.05) is 31.2 Å². The van der Waals surface area contributed by atoms with Crippen molar-refractivity contribution in [3.05, 3.63) is 67.7 Å². The van der Waals surface area contributed by atoms with Crippen LogP contribution in [0.5, 0.6) is 0 Å². The van der Waals surface area contributed by atoms with E-state index in [4.69, 9.17) is 0 Å². The fourth-order valence-corrected chi connectivity index (χ4v) is 2.26. The lowest BCUT2D eigenvalue weighted by atomic mass is 10.1. The van der Waals surface area contributed by atoms with Crippen LogP contribution in [0, 0.1) is 24.0 Å². The lowest BCUT2D eigenvalue weighted by Gasteiger charge is -2.10. The van der Waals surface area contributed by atoms with E-state index in [-0.39, 0.29) is 10.6 Å². The summed E-state index contributed by atoms with van der Waals surface area (Å²) in [6.07, 6.45) is 0. The van der Waals surface area contributed by atoms with Crippen LogP contribution < -0.4 is 5.32 Å². The number of nitrogens with zero attached hydrogens (tertiary/aromatic N) is 1. The zero-order valence-corrected chi connectivity index (χ0v) is 12.9. The van der Waals surface area contributed by atoms with Crippen LogP contribution >= 0.6 is 15.9 Å². The molecule has 0 amide bonds. The van der Waals surface area contributed by atoms with Gasteiger partial charge in [-0.2, -0.15) is 0 Å². The number of nitro benzene ring substituents is 1. The second kappa shape index (κ2) is 6.05. The van der Waals surface area contributed by atoms with Crippen LogP contribution in [-0.2, 0) is 6.54 Å². The largest absolute Gasteiger partial charge is 0.381 e. The van der Waals surface area contributed by atoms with Crippen LogP contribution in [0.2, 0.25) is 0 Å². The normalized spacial score (nSPS) is 10.3. The molecule has 2 rings (SSSR count). The first-order valence-electron chi connectivity index (χ1n) is 6.22. The van der Waals surface area contributed by atoms with E-state index in [0.29, 0.717) is 12.1 Å². The van der Waals surface area contributed by atoms with Crippen molar-refractivity contribution < 1.29 is 4.92 Å². The van der Waals surface area contributed by atoms with E-state index in [2.05, 4.69) is 21.2 Å². The summed E-state index contributed by atoms with van der Waals surface area (Å²) in [6.45, 7) is 4.37. The molecule has 0 atom stereocenters. The first kappa shape index (κ1) is 14.5. The van der Waals surface area contributed by atoms with Gasteiger partial charge in [0, 0.05) is 28.3 Å². The lowest BCUT2D eigenvalue weighted by Crippen LogP contribution is -2.03. The highest BCUT2D eigenvalue weighted by Crippen LogP contribution is 2.23. The predicted octanol–water partition coefficient (Wildman–Crippen LogP) is 4.59. The molecule has 0 aliphatic carbocycles. The number of nitrogens with one attached hydrogen (secondary N) is 1. The summed E-state index contributed by atoms with van der Waals surface area (Å²) >= 11 is 3.46. The van der Waals surface area contributed by atoms with E-state index in [1.165, 1.54) is 6.07 Å². The summed E-state index contributed by atoms with van der Waals surface area (Å²) < 4.78 is 1.06. The average molecular weight is 335 g/mol. The molecule has 0 aromatic heterocycles. The molecule has 0 saturated carbocycles. The maximum absolute atomic E-state index is 10.9. The Balaban J connectivity index is 2.17. The minimum Gasteiger partial charge on any atom is -0.381 e. The van der Waals surface area contributed by atoms with Crippen molar-refractivity contribution in [1.82, 2.24) is 0 Å². The van der Waals surface area contributed by atoms with Crippen LogP contribution in [-0.4, -0.2) is 4.92 Å². The van der Waals surface area contributed by atoms with Gasteiger partial charge in [0.25, 0.3) is 5.69 Å². The highest BCUT2D eigenvalue weighted by Gasteiger charge is 2.12. The molecule has 5 heteroatoms. The minimum absolute atomic E-state index is 0.163. The first-order valence-corrected chi connectivity index (χ1v) is 7.01. The average Bonchev–Trinajstić information content (AvgIpc) is 2.41. The van der Waals surface area contributed by atoms with Gasteiger partial charge in [-0.05, 0) is 43.2 Å². The van der Waals surface area contributed by atoms with E-state index in [0.717, 1.165) is 21.3 Å². The summed E-state index contributed by atoms with van der Waals surface area (Å²) in [5, 5.41) is 14.2. The molecule has 4 nitrogen and oxygen atoms in total. The van der Waals surface area contributed by atoms with Crippen LogP contribution in [0.15, 0.2) is 40.9 Å². The Kier molecular flexibility index (Phi) is 4.39. The van der Waals surface area contributed by atoms with Crippen LogP contribution in [0.25, 0.3) is 0 Å². The fraction of sp³-hybridized carbons (Fsp3) is 0.200. The highest BCUT2D eigenvalue weighted by molar-refractivity contribution is 9.10. The number of anilines is 1. The summed E-state index contributed by atoms with van der Waals surface area (Å²) in [7, 11) is 0. The molecule has 0 aliphatic heterocycles. The summed E-state index contributed by atoms with van der Waals surface area (Å²) in [4.78, 5) is 10.6.